The minimum atomic E-state index is -0.0976. The third-order valence-corrected chi connectivity index (χ3v) is 4.72. The Morgan fingerprint density at radius 2 is 2.19 bits per heavy atom. The topological polar surface area (TPSA) is 35.5 Å². The average Bonchev–Trinajstić information content (AvgIpc) is 2.82. The van der Waals surface area contributed by atoms with E-state index < -0.39 is 0 Å². The van der Waals surface area contributed by atoms with Gasteiger partial charge in [-0.05, 0) is 39.0 Å². The van der Waals surface area contributed by atoms with Crippen molar-refractivity contribution in [1.29, 1.82) is 0 Å². The third-order valence-electron chi connectivity index (χ3n) is 4.72. The summed E-state index contributed by atoms with van der Waals surface area (Å²) in [5.74, 6) is 1.23. The molecule has 90 valence electrons. The van der Waals surface area contributed by atoms with Gasteiger partial charge in [-0.25, -0.2) is 0 Å². The Hall–Kier alpha value is -0.570. The van der Waals surface area contributed by atoms with Gasteiger partial charge in [0.05, 0.1) is 17.6 Å². The van der Waals surface area contributed by atoms with E-state index in [2.05, 4.69) is 20.8 Å². The summed E-state index contributed by atoms with van der Waals surface area (Å²) in [5, 5.41) is 0. The van der Waals surface area contributed by atoms with Gasteiger partial charge in [0, 0.05) is 5.92 Å². The summed E-state index contributed by atoms with van der Waals surface area (Å²) in [6.07, 6.45) is 3.32. The second kappa shape index (κ2) is 3.22. The highest BCUT2D eigenvalue weighted by Crippen LogP contribution is 2.56. The first-order valence-corrected chi connectivity index (χ1v) is 6.40. The Balaban J connectivity index is 1.77. The van der Waals surface area contributed by atoms with Crippen molar-refractivity contribution in [2.45, 2.75) is 57.8 Å². The number of esters is 1. The maximum absolute atomic E-state index is 11.6. The molecule has 3 heteroatoms. The highest BCUT2D eigenvalue weighted by molar-refractivity contribution is 5.76. The van der Waals surface area contributed by atoms with Crippen LogP contribution in [0, 0.1) is 17.8 Å². The van der Waals surface area contributed by atoms with Crippen LogP contribution in [-0.2, 0) is 14.3 Å². The summed E-state index contributed by atoms with van der Waals surface area (Å²) in [4.78, 5) is 11.6. The molecule has 1 aliphatic heterocycles. The molecule has 16 heavy (non-hydrogen) atoms. The number of ether oxygens (including phenoxy) is 2. The van der Waals surface area contributed by atoms with Crippen molar-refractivity contribution in [2.75, 3.05) is 0 Å². The Kier molecular flexibility index (Phi) is 2.13. The molecule has 2 saturated carbocycles. The predicted octanol–water partition coefficient (Wildman–Crippen LogP) is 2.14. The van der Waals surface area contributed by atoms with Gasteiger partial charge in [-0.1, -0.05) is 6.92 Å². The normalized spacial score (nSPS) is 45.2. The minimum Gasteiger partial charge on any atom is -0.459 e. The maximum Gasteiger partial charge on any atom is 0.309 e. The van der Waals surface area contributed by atoms with Crippen LogP contribution in [0.5, 0.6) is 0 Å². The monoisotopic (exact) mass is 224 g/mol. The second-order valence-electron chi connectivity index (χ2n) is 6.10. The maximum atomic E-state index is 11.6. The van der Waals surface area contributed by atoms with Crippen molar-refractivity contribution >= 4 is 5.97 Å². The van der Waals surface area contributed by atoms with E-state index in [4.69, 9.17) is 9.47 Å². The molecule has 1 heterocycles. The van der Waals surface area contributed by atoms with E-state index in [1.165, 1.54) is 0 Å². The number of hydrogen-bond donors (Lipinski definition) is 0. The first kappa shape index (κ1) is 10.6. The third kappa shape index (κ3) is 1.33. The summed E-state index contributed by atoms with van der Waals surface area (Å²) in [7, 11) is 0. The zero-order chi connectivity index (χ0) is 11.5. The van der Waals surface area contributed by atoms with Crippen molar-refractivity contribution in [3.63, 3.8) is 0 Å². The van der Waals surface area contributed by atoms with Crippen molar-refractivity contribution in [3.05, 3.63) is 0 Å². The Morgan fingerprint density at radius 3 is 2.88 bits per heavy atom. The van der Waals surface area contributed by atoms with Crippen LogP contribution in [0.3, 0.4) is 0 Å². The average molecular weight is 224 g/mol. The highest BCUT2D eigenvalue weighted by atomic mass is 16.6. The van der Waals surface area contributed by atoms with Crippen molar-refractivity contribution in [3.8, 4) is 0 Å². The summed E-state index contributed by atoms with van der Waals surface area (Å²) >= 11 is 0. The summed E-state index contributed by atoms with van der Waals surface area (Å²) in [5.41, 5.74) is -0.0976. The number of carbonyl (C=O) groups is 1. The first-order valence-electron chi connectivity index (χ1n) is 6.40. The van der Waals surface area contributed by atoms with Crippen LogP contribution in [0.1, 0.15) is 40.0 Å². The number of hydrogen-bond acceptors (Lipinski definition) is 3. The van der Waals surface area contributed by atoms with Gasteiger partial charge in [0.25, 0.3) is 0 Å². The highest BCUT2D eigenvalue weighted by Gasteiger charge is 2.62. The standard InChI is InChI=1S/C13H20O3/c1-4-13(2,3)16-10-7-5-8-9(6-7)12(14)15-11(8)10/h7-11H,4-6H2,1-3H3. The molecule has 0 aromatic carbocycles. The van der Waals surface area contributed by atoms with Crippen LogP contribution < -0.4 is 0 Å². The molecule has 5 atom stereocenters. The molecule has 0 aromatic rings. The quantitative estimate of drug-likeness (QED) is 0.689. The molecule has 0 radical (unpaired) electrons. The SMILES string of the molecule is CCC(C)(C)OC1C2CC3C(=O)OC1C3C2. The van der Waals surface area contributed by atoms with E-state index in [9.17, 15) is 4.79 Å². The van der Waals surface area contributed by atoms with E-state index in [1.807, 2.05) is 0 Å². The lowest BCUT2D eigenvalue weighted by Gasteiger charge is -2.34. The number of carbonyl (C=O) groups excluding carboxylic acids is 1. The summed E-state index contributed by atoms with van der Waals surface area (Å²) in [6.45, 7) is 6.37. The van der Waals surface area contributed by atoms with Gasteiger partial charge in [0.15, 0.2) is 0 Å². The molecule has 1 saturated heterocycles. The number of fused-ring (bicyclic) bond motifs is 1. The molecule has 0 N–H and O–H groups in total. The smallest absolute Gasteiger partial charge is 0.309 e. The van der Waals surface area contributed by atoms with E-state index in [0.717, 1.165) is 19.3 Å². The summed E-state index contributed by atoms with van der Waals surface area (Å²) in [6, 6.07) is 0. The second-order valence-corrected chi connectivity index (χ2v) is 6.10. The van der Waals surface area contributed by atoms with Crippen LogP contribution >= 0.6 is 0 Å². The molecule has 3 rings (SSSR count). The lowest BCUT2D eigenvalue weighted by Crippen LogP contribution is -2.40. The lowest BCUT2D eigenvalue weighted by atomic mass is 9.87. The van der Waals surface area contributed by atoms with Gasteiger partial charge in [0.1, 0.15) is 6.10 Å². The fourth-order valence-corrected chi connectivity index (χ4v) is 3.52. The molecule has 3 aliphatic rings. The minimum absolute atomic E-state index is 0.0258. The Bertz CT molecular complexity index is 323. The fraction of sp³-hybridized carbons (Fsp3) is 0.923. The van der Waals surface area contributed by atoms with Crippen molar-refractivity contribution in [2.24, 2.45) is 17.8 Å². The van der Waals surface area contributed by atoms with Gasteiger partial charge < -0.3 is 9.47 Å². The molecule has 0 spiro atoms. The zero-order valence-corrected chi connectivity index (χ0v) is 10.2. The van der Waals surface area contributed by atoms with E-state index in [-0.39, 0.29) is 29.7 Å². The molecule has 3 fully saturated rings. The van der Waals surface area contributed by atoms with Crippen LogP contribution in [0.25, 0.3) is 0 Å². The lowest BCUT2D eigenvalue weighted by molar-refractivity contribution is -0.156. The Labute approximate surface area is 96.5 Å². The van der Waals surface area contributed by atoms with Crippen molar-refractivity contribution in [1.82, 2.24) is 0 Å². The molecule has 0 amide bonds. The molecule has 2 bridgehead atoms. The van der Waals surface area contributed by atoms with E-state index in [1.54, 1.807) is 0 Å². The fourth-order valence-electron chi connectivity index (χ4n) is 3.52. The van der Waals surface area contributed by atoms with Gasteiger partial charge in [-0.3, -0.25) is 4.79 Å². The largest absolute Gasteiger partial charge is 0.459 e. The molecular formula is C13H20O3. The Morgan fingerprint density at radius 1 is 1.44 bits per heavy atom. The van der Waals surface area contributed by atoms with Crippen LogP contribution in [-0.4, -0.2) is 23.8 Å². The molecular weight excluding hydrogens is 204 g/mol. The van der Waals surface area contributed by atoms with Gasteiger partial charge in [0.2, 0.25) is 0 Å². The molecule has 5 unspecified atom stereocenters. The molecule has 0 aromatic heterocycles. The van der Waals surface area contributed by atoms with Crippen molar-refractivity contribution < 1.29 is 14.3 Å². The summed E-state index contributed by atoms with van der Waals surface area (Å²) < 4.78 is 11.7. The van der Waals surface area contributed by atoms with Gasteiger partial charge in [-0.2, -0.15) is 0 Å². The van der Waals surface area contributed by atoms with Gasteiger partial charge in [-0.15, -0.1) is 0 Å². The zero-order valence-electron chi connectivity index (χ0n) is 10.2. The number of rotatable bonds is 3. The van der Waals surface area contributed by atoms with Crippen LogP contribution in [0.2, 0.25) is 0 Å². The first-order chi connectivity index (χ1) is 7.52. The van der Waals surface area contributed by atoms with Crippen LogP contribution in [0.15, 0.2) is 0 Å². The van der Waals surface area contributed by atoms with E-state index >= 15 is 0 Å². The van der Waals surface area contributed by atoms with Crippen LogP contribution in [0.4, 0.5) is 0 Å². The van der Waals surface area contributed by atoms with E-state index in [0.29, 0.717) is 11.8 Å². The predicted molar refractivity (Wildman–Crippen MR) is 58.8 cm³/mol. The molecule has 2 aliphatic carbocycles. The van der Waals surface area contributed by atoms with Gasteiger partial charge >= 0.3 is 5.97 Å². The molecule has 3 nitrogen and oxygen atoms in total.